The molecule has 0 bridgehead atoms. The molecule has 1 fully saturated rings. The molecule has 0 aromatic heterocycles. The Morgan fingerprint density at radius 2 is 1.79 bits per heavy atom. The molecule has 1 aliphatic carbocycles. The molecule has 1 nitrogen and oxygen atoms in total. The summed E-state index contributed by atoms with van der Waals surface area (Å²) in [5.41, 5.74) is 0.896. The first kappa shape index (κ1) is 10.6. The highest BCUT2D eigenvalue weighted by molar-refractivity contribution is 6.44. The first-order valence-electron chi connectivity index (χ1n) is 4.54. The van der Waals surface area contributed by atoms with E-state index in [9.17, 15) is 0 Å². The van der Waals surface area contributed by atoms with E-state index in [4.69, 9.17) is 34.8 Å². The van der Waals surface area contributed by atoms with Crippen LogP contribution in [0.15, 0.2) is 12.1 Å². The van der Waals surface area contributed by atoms with Crippen LogP contribution in [0.4, 0.5) is 0 Å². The van der Waals surface area contributed by atoms with Crippen LogP contribution in [0.3, 0.4) is 0 Å². The van der Waals surface area contributed by atoms with Crippen molar-refractivity contribution in [3.8, 4) is 0 Å². The molecule has 1 aliphatic rings. The maximum atomic E-state index is 6.05. The fourth-order valence-corrected chi connectivity index (χ4v) is 1.95. The van der Waals surface area contributed by atoms with E-state index in [1.165, 1.54) is 12.8 Å². The predicted octanol–water partition coefficient (Wildman–Crippen LogP) is 3.90. The SMILES string of the molecule is Clc1ccc(Cl)c(CNC2CC2)c1Cl. The summed E-state index contributed by atoms with van der Waals surface area (Å²) in [6, 6.07) is 4.13. The molecule has 0 radical (unpaired) electrons. The van der Waals surface area contributed by atoms with Gasteiger partial charge in [0.1, 0.15) is 0 Å². The Morgan fingerprint density at radius 3 is 2.43 bits per heavy atom. The second-order valence-electron chi connectivity index (χ2n) is 3.48. The number of benzene rings is 1. The van der Waals surface area contributed by atoms with E-state index in [0.717, 1.165) is 5.56 Å². The van der Waals surface area contributed by atoms with Crippen LogP contribution in [0, 0.1) is 0 Å². The van der Waals surface area contributed by atoms with Crippen molar-refractivity contribution in [1.29, 1.82) is 0 Å². The van der Waals surface area contributed by atoms with Crippen molar-refractivity contribution < 1.29 is 0 Å². The first-order chi connectivity index (χ1) is 6.68. The molecule has 0 unspecified atom stereocenters. The molecule has 0 spiro atoms. The normalized spacial score (nSPS) is 15.9. The number of halogens is 3. The molecule has 0 heterocycles. The van der Waals surface area contributed by atoms with E-state index in [1.54, 1.807) is 12.1 Å². The van der Waals surface area contributed by atoms with Crippen molar-refractivity contribution in [2.45, 2.75) is 25.4 Å². The van der Waals surface area contributed by atoms with Gasteiger partial charge in [0.15, 0.2) is 0 Å². The highest BCUT2D eigenvalue weighted by Gasteiger charge is 2.21. The van der Waals surface area contributed by atoms with Crippen LogP contribution in [0.1, 0.15) is 18.4 Å². The topological polar surface area (TPSA) is 12.0 Å². The lowest BCUT2D eigenvalue weighted by Crippen LogP contribution is -2.15. The third kappa shape index (κ3) is 2.34. The van der Waals surface area contributed by atoms with Gasteiger partial charge in [0.2, 0.25) is 0 Å². The maximum Gasteiger partial charge on any atom is 0.0652 e. The Balaban J connectivity index is 2.16. The summed E-state index contributed by atoms with van der Waals surface area (Å²) in [6.07, 6.45) is 2.49. The van der Waals surface area contributed by atoms with E-state index < -0.39 is 0 Å². The van der Waals surface area contributed by atoms with Crippen LogP contribution in [0.2, 0.25) is 15.1 Å². The molecule has 1 aromatic carbocycles. The molecule has 0 atom stereocenters. The molecular formula is C10H10Cl3N. The van der Waals surface area contributed by atoms with Crippen molar-refractivity contribution in [2.24, 2.45) is 0 Å². The number of hydrogen-bond donors (Lipinski definition) is 1. The fraction of sp³-hybridized carbons (Fsp3) is 0.400. The number of hydrogen-bond acceptors (Lipinski definition) is 1. The lowest BCUT2D eigenvalue weighted by molar-refractivity contribution is 0.688. The molecule has 0 amide bonds. The molecule has 76 valence electrons. The highest BCUT2D eigenvalue weighted by atomic mass is 35.5. The standard InChI is InChI=1S/C10H10Cl3N/c11-8-3-4-9(12)10(13)7(8)5-14-6-1-2-6/h3-4,6,14H,1-2,5H2. The number of nitrogens with one attached hydrogen (secondary N) is 1. The van der Waals surface area contributed by atoms with Gasteiger partial charge in [-0.3, -0.25) is 0 Å². The van der Waals surface area contributed by atoms with Gasteiger partial charge in [-0.05, 0) is 25.0 Å². The minimum atomic E-state index is 0.559. The summed E-state index contributed by atoms with van der Waals surface area (Å²) in [6.45, 7) is 0.697. The average Bonchev–Trinajstić information content (AvgIpc) is 2.95. The fourth-order valence-electron chi connectivity index (χ4n) is 1.26. The zero-order valence-corrected chi connectivity index (χ0v) is 9.76. The third-order valence-corrected chi connectivity index (χ3v) is 3.48. The Bertz CT molecular complexity index is 347. The van der Waals surface area contributed by atoms with Crippen molar-refractivity contribution in [3.05, 3.63) is 32.8 Å². The molecule has 1 N–H and O–H groups in total. The van der Waals surface area contributed by atoms with E-state index >= 15 is 0 Å². The summed E-state index contributed by atoms with van der Waals surface area (Å²) in [5.74, 6) is 0. The van der Waals surface area contributed by atoms with Crippen molar-refractivity contribution in [2.75, 3.05) is 0 Å². The van der Waals surface area contributed by atoms with Crippen LogP contribution in [-0.2, 0) is 6.54 Å². The smallest absolute Gasteiger partial charge is 0.0652 e. The minimum Gasteiger partial charge on any atom is -0.310 e. The van der Waals surface area contributed by atoms with Crippen LogP contribution in [0.5, 0.6) is 0 Å². The van der Waals surface area contributed by atoms with E-state index in [0.29, 0.717) is 27.7 Å². The second-order valence-corrected chi connectivity index (χ2v) is 4.67. The predicted molar refractivity (Wildman–Crippen MR) is 61.3 cm³/mol. The lowest BCUT2D eigenvalue weighted by atomic mass is 10.2. The number of rotatable bonds is 3. The maximum absolute atomic E-state index is 6.05. The summed E-state index contributed by atoms with van der Waals surface area (Å²) in [4.78, 5) is 0. The Kier molecular flexibility index (Phi) is 3.23. The lowest BCUT2D eigenvalue weighted by Gasteiger charge is -2.08. The Labute approximate surface area is 98.3 Å². The molecular weight excluding hydrogens is 240 g/mol. The summed E-state index contributed by atoms with van der Waals surface area (Å²) >= 11 is 18.0. The summed E-state index contributed by atoms with van der Waals surface area (Å²) < 4.78 is 0. The van der Waals surface area contributed by atoms with Gasteiger partial charge in [0.05, 0.1) is 10.0 Å². The molecule has 4 heteroatoms. The van der Waals surface area contributed by atoms with Gasteiger partial charge in [-0.25, -0.2) is 0 Å². The van der Waals surface area contributed by atoms with Gasteiger partial charge in [0, 0.05) is 23.2 Å². The Hall–Kier alpha value is 0.0500. The monoisotopic (exact) mass is 249 g/mol. The van der Waals surface area contributed by atoms with Crippen LogP contribution < -0.4 is 5.32 Å². The van der Waals surface area contributed by atoms with E-state index in [1.807, 2.05) is 0 Å². The Morgan fingerprint density at radius 1 is 1.14 bits per heavy atom. The van der Waals surface area contributed by atoms with Crippen LogP contribution >= 0.6 is 34.8 Å². The molecule has 1 saturated carbocycles. The zero-order chi connectivity index (χ0) is 10.1. The third-order valence-electron chi connectivity index (χ3n) is 2.28. The first-order valence-corrected chi connectivity index (χ1v) is 5.67. The van der Waals surface area contributed by atoms with Gasteiger partial charge in [-0.15, -0.1) is 0 Å². The highest BCUT2D eigenvalue weighted by Crippen LogP contribution is 2.32. The van der Waals surface area contributed by atoms with Crippen LogP contribution in [0.25, 0.3) is 0 Å². The van der Waals surface area contributed by atoms with Crippen molar-refractivity contribution in [1.82, 2.24) is 5.32 Å². The summed E-state index contributed by atoms with van der Waals surface area (Å²) in [7, 11) is 0. The van der Waals surface area contributed by atoms with Crippen LogP contribution in [-0.4, -0.2) is 6.04 Å². The van der Waals surface area contributed by atoms with E-state index in [-0.39, 0.29) is 0 Å². The minimum absolute atomic E-state index is 0.559. The van der Waals surface area contributed by atoms with Gasteiger partial charge in [-0.2, -0.15) is 0 Å². The van der Waals surface area contributed by atoms with Gasteiger partial charge in [-0.1, -0.05) is 34.8 Å². The zero-order valence-electron chi connectivity index (χ0n) is 7.49. The largest absolute Gasteiger partial charge is 0.310 e. The molecule has 0 saturated heterocycles. The molecule has 1 aromatic rings. The van der Waals surface area contributed by atoms with Gasteiger partial charge in [0.25, 0.3) is 0 Å². The van der Waals surface area contributed by atoms with Gasteiger partial charge < -0.3 is 5.32 Å². The van der Waals surface area contributed by atoms with Gasteiger partial charge >= 0.3 is 0 Å². The molecule has 0 aliphatic heterocycles. The van der Waals surface area contributed by atoms with E-state index in [2.05, 4.69) is 5.32 Å². The average molecular weight is 251 g/mol. The summed E-state index contributed by atoms with van der Waals surface area (Å²) in [5, 5.41) is 5.15. The second kappa shape index (κ2) is 4.28. The van der Waals surface area contributed by atoms with Crippen molar-refractivity contribution in [3.63, 3.8) is 0 Å². The van der Waals surface area contributed by atoms with Crippen molar-refractivity contribution >= 4 is 34.8 Å². The molecule has 2 rings (SSSR count). The molecule has 14 heavy (non-hydrogen) atoms. The quantitative estimate of drug-likeness (QED) is 0.802.